The number of rotatable bonds is 14. The first-order chi connectivity index (χ1) is 16.9. The number of benzene rings is 2. The third-order valence-corrected chi connectivity index (χ3v) is 4.49. The monoisotopic (exact) mass is 490 g/mol. The first-order valence-electron chi connectivity index (χ1n) is 11.2. The Morgan fingerprint density at radius 1 is 0.743 bits per heavy atom. The zero-order valence-electron chi connectivity index (χ0n) is 19.9. The van der Waals surface area contributed by atoms with Crippen LogP contribution in [0.3, 0.4) is 0 Å². The van der Waals surface area contributed by atoms with Crippen molar-refractivity contribution in [3.63, 3.8) is 0 Å². The van der Waals surface area contributed by atoms with E-state index in [1.807, 2.05) is 30.3 Å². The van der Waals surface area contributed by atoms with E-state index in [-0.39, 0.29) is 33.0 Å². The molecule has 0 saturated heterocycles. The number of ether oxygens (including phenoxy) is 6. The van der Waals surface area contributed by atoms with Gasteiger partial charge in [0.25, 0.3) is 5.60 Å². The normalized spacial score (nSPS) is 11.8. The fourth-order valence-corrected chi connectivity index (χ4v) is 2.91. The topological polar surface area (TPSA) is 127 Å². The van der Waals surface area contributed by atoms with Crippen LogP contribution >= 0.6 is 0 Å². The van der Waals surface area contributed by atoms with Crippen LogP contribution in [-0.4, -0.2) is 67.8 Å². The van der Waals surface area contributed by atoms with Crippen LogP contribution in [0.1, 0.15) is 20.8 Å². The van der Waals surface area contributed by atoms with Gasteiger partial charge in [-0.15, -0.1) is 0 Å². The van der Waals surface area contributed by atoms with Crippen LogP contribution in [0.5, 0.6) is 17.2 Å². The van der Waals surface area contributed by atoms with Gasteiger partial charge in [0.2, 0.25) is 6.10 Å². The standard InChI is InChI=1S/C25H30O10/c1-4-30-22(26)21(25(29,23(27)31-5-2)24(28)32-6-3)34-17-16-33-18-12-14-20(15-13-18)35-19-10-8-7-9-11-19/h7-15,21,29H,4-6,16-17H2,1-3H3. The minimum Gasteiger partial charge on any atom is -0.491 e. The second kappa shape index (κ2) is 13.9. The third kappa shape index (κ3) is 7.69. The van der Waals surface area contributed by atoms with Crippen molar-refractivity contribution in [1.82, 2.24) is 0 Å². The molecule has 190 valence electrons. The number of hydrogen-bond donors (Lipinski definition) is 1. The average Bonchev–Trinajstić information content (AvgIpc) is 2.85. The SMILES string of the molecule is CCOC(=O)C(OCCOc1ccc(Oc2ccccc2)cc1)C(O)(C(=O)OCC)C(=O)OCC. The summed E-state index contributed by atoms with van der Waals surface area (Å²) in [7, 11) is 0. The van der Waals surface area contributed by atoms with Crippen LogP contribution in [0.2, 0.25) is 0 Å². The molecule has 2 aromatic carbocycles. The van der Waals surface area contributed by atoms with Gasteiger partial charge in [-0.3, -0.25) is 0 Å². The van der Waals surface area contributed by atoms with Gasteiger partial charge in [0.15, 0.2) is 0 Å². The van der Waals surface area contributed by atoms with Gasteiger partial charge in [0.05, 0.1) is 26.4 Å². The molecule has 2 aromatic rings. The van der Waals surface area contributed by atoms with Gasteiger partial charge < -0.3 is 33.5 Å². The molecular weight excluding hydrogens is 460 g/mol. The first kappa shape index (κ1) is 27.6. The molecular formula is C25H30O10. The summed E-state index contributed by atoms with van der Waals surface area (Å²) in [6.45, 7) is 3.77. The molecule has 10 nitrogen and oxygen atoms in total. The highest BCUT2D eigenvalue weighted by atomic mass is 16.6. The van der Waals surface area contributed by atoms with Crippen molar-refractivity contribution in [2.24, 2.45) is 0 Å². The van der Waals surface area contributed by atoms with Gasteiger partial charge in [0, 0.05) is 0 Å². The van der Waals surface area contributed by atoms with Gasteiger partial charge in [-0.25, -0.2) is 14.4 Å². The molecule has 0 fully saturated rings. The quantitative estimate of drug-likeness (QED) is 0.183. The summed E-state index contributed by atoms with van der Waals surface area (Å²) < 4.78 is 31.2. The lowest BCUT2D eigenvalue weighted by Crippen LogP contribution is -2.61. The fourth-order valence-electron chi connectivity index (χ4n) is 2.91. The molecule has 0 bridgehead atoms. The smallest absolute Gasteiger partial charge is 0.353 e. The van der Waals surface area contributed by atoms with Crippen LogP contribution in [0.25, 0.3) is 0 Å². The van der Waals surface area contributed by atoms with E-state index in [1.54, 1.807) is 24.3 Å². The minimum atomic E-state index is -3.05. The van der Waals surface area contributed by atoms with Crippen molar-refractivity contribution in [3.05, 3.63) is 54.6 Å². The number of esters is 3. The van der Waals surface area contributed by atoms with E-state index in [1.165, 1.54) is 20.8 Å². The Hall–Kier alpha value is -3.63. The van der Waals surface area contributed by atoms with E-state index in [9.17, 15) is 19.5 Å². The summed E-state index contributed by atoms with van der Waals surface area (Å²) in [6.07, 6.45) is -2.02. The molecule has 0 amide bonds. The maximum Gasteiger partial charge on any atom is 0.353 e. The molecule has 0 heterocycles. The predicted octanol–water partition coefficient (Wildman–Crippen LogP) is 2.66. The lowest BCUT2D eigenvalue weighted by molar-refractivity contribution is -0.208. The van der Waals surface area contributed by atoms with Crippen LogP contribution in [0.4, 0.5) is 0 Å². The van der Waals surface area contributed by atoms with Gasteiger partial charge in [-0.2, -0.15) is 0 Å². The molecule has 0 spiro atoms. The lowest BCUT2D eigenvalue weighted by atomic mass is 9.96. The highest BCUT2D eigenvalue weighted by Crippen LogP contribution is 2.24. The van der Waals surface area contributed by atoms with Gasteiger partial charge in [-0.1, -0.05) is 18.2 Å². The van der Waals surface area contributed by atoms with Crippen molar-refractivity contribution < 1.29 is 47.9 Å². The first-order valence-corrected chi connectivity index (χ1v) is 11.2. The zero-order chi connectivity index (χ0) is 25.7. The summed E-state index contributed by atoms with van der Waals surface area (Å²) in [5, 5.41) is 10.9. The summed E-state index contributed by atoms with van der Waals surface area (Å²) in [6, 6.07) is 16.0. The van der Waals surface area contributed by atoms with Crippen LogP contribution < -0.4 is 9.47 Å². The van der Waals surface area contributed by atoms with E-state index in [2.05, 4.69) is 0 Å². The Labute approximate surface area is 203 Å². The molecule has 0 saturated carbocycles. The number of hydrogen-bond acceptors (Lipinski definition) is 10. The Kier molecular flexibility index (Phi) is 11.0. The fraction of sp³-hybridized carbons (Fsp3) is 0.400. The number of carbonyl (C=O) groups excluding carboxylic acids is 3. The molecule has 2 rings (SSSR count). The number of carbonyl (C=O) groups is 3. The van der Waals surface area contributed by atoms with E-state index in [0.29, 0.717) is 17.2 Å². The highest BCUT2D eigenvalue weighted by Gasteiger charge is 2.59. The van der Waals surface area contributed by atoms with Crippen molar-refractivity contribution in [3.8, 4) is 17.2 Å². The second-order valence-corrected chi connectivity index (χ2v) is 6.95. The predicted molar refractivity (Wildman–Crippen MR) is 123 cm³/mol. The maximum atomic E-state index is 12.5. The molecule has 35 heavy (non-hydrogen) atoms. The second-order valence-electron chi connectivity index (χ2n) is 6.95. The lowest BCUT2D eigenvalue weighted by Gasteiger charge is -2.30. The van der Waals surface area contributed by atoms with Gasteiger partial charge in [-0.05, 0) is 57.2 Å². The van der Waals surface area contributed by atoms with Gasteiger partial charge >= 0.3 is 17.9 Å². The summed E-state index contributed by atoms with van der Waals surface area (Å²) in [4.78, 5) is 37.4. The largest absolute Gasteiger partial charge is 0.491 e. The zero-order valence-corrected chi connectivity index (χ0v) is 19.9. The minimum absolute atomic E-state index is 0.0729. The molecule has 0 aliphatic rings. The van der Waals surface area contributed by atoms with Crippen molar-refractivity contribution in [2.75, 3.05) is 33.0 Å². The molecule has 1 atom stereocenters. The van der Waals surface area contributed by atoms with Crippen LogP contribution in [-0.2, 0) is 33.3 Å². The Bertz CT molecular complexity index is 924. The molecule has 0 radical (unpaired) electrons. The Balaban J connectivity index is 2.03. The Morgan fingerprint density at radius 2 is 1.26 bits per heavy atom. The van der Waals surface area contributed by atoms with E-state index >= 15 is 0 Å². The molecule has 10 heteroatoms. The molecule has 1 N–H and O–H groups in total. The number of aliphatic hydroxyl groups is 1. The van der Waals surface area contributed by atoms with Gasteiger partial charge in [0.1, 0.15) is 23.9 Å². The molecule has 0 aliphatic heterocycles. The van der Waals surface area contributed by atoms with Crippen LogP contribution in [0, 0.1) is 0 Å². The third-order valence-electron chi connectivity index (χ3n) is 4.49. The summed E-state index contributed by atoms with van der Waals surface area (Å²) in [5.74, 6) is -2.12. The molecule has 1 unspecified atom stereocenters. The highest BCUT2D eigenvalue weighted by molar-refractivity contribution is 6.08. The van der Waals surface area contributed by atoms with E-state index < -0.39 is 29.6 Å². The summed E-state index contributed by atoms with van der Waals surface area (Å²) >= 11 is 0. The number of para-hydroxylation sites is 1. The molecule has 0 aromatic heterocycles. The average molecular weight is 491 g/mol. The maximum absolute atomic E-state index is 12.5. The Morgan fingerprint density at radius 3 is 1.80 bits per heavy atom. The molecule has 0 aliphatic carbocycles. The van der Waals surface area contributed by atoms with Crippen molar-refractivity contribution >= 4 is 17.9 Å². The van der Waals surface area contributed by atoms with Crippen molar-refractivity contribution in [1.29, 1.82) is 0 Å². The van der Waals surface area contributed by atoms with E-state index in [4.69, 9.17) is 28.4 Å². The van der Waals surface area contributed by atoms with E-state index in [0.717, 1.165) is 0 Å². The van der Waals surface area contributed by atoms with Crippen molar-refractivity contribution in [2.45, 2.75) is 32.5 Å². The van der Waals surface area contributed by atoms with Crippen LogP contribution in [0.15, 0.2) is 54.6 Å². The summed E-state index contributed by atoms with van der Waals surface area (Å²) in [5.41, 5.74) is -3.05.